The Morgan fingerprint density at radius 1 is 1.24 bits per heavy atom. The molecule has 2 aliphatic rings. The smallest absolute Gasteiger partial charge is 0.236 e. The summed E-state index contributed by atoms with van der Waals surface area (Å²) in [5, 5.41) is 0.692. The van der Waals surface area contributed by atoms with Crippen molar-refractivity contribution in [3.63, 3.8) is 0 Å². The maximum atomic E-state index is 12.9. The van der Waals surface area contributed by atoms with E-state index in [4.69, 9.17) is 16.3 Å². The van der Waals surface area contributed by atoms with Crippen molar-refractivity contribution in [3.05, 3.63) is 47.0 Å². The fourth-order valence-corrected chi connectivity index (χ4v) is 4.22. The zero-order valence-corrected chi connectivity index (χ0v) is 17.8. The van der Waals surface area contributed by atoms with Gasteiger partial charge in [-0.1, -0.05) is 11.6 Å². The second-order valence-corrected chi connectivity index (χ2v) is 8.40. The first kappa shape index (κ1) is 20.2. The first-order chi connectivity index (χ1) is 14.0. The van der Waals surface area contributed by atoms with Gasteiger partial charge in [0.15, 0.2) is 0 Å². The fraction of sp³-hybridized carbons (Fsp3) is 0.524. The van der Waals surface area contributed by atoms with Crippen molar-refractivity contribution in [1.82, 2.24) is 24.3 Å². The first-order valence-electron chi connectivity index (χ1n) is 10.1. The average molecular weight is 418 g/mol. The molecule has 1 aromatic heterocycles. The van der Waals surface area contributed by atoms with Crippen LogP contribution in [0.3, 0.4) is 0 Å². The molecule has 0 spiro atoms. The van der Waals surface area contributed by atoms with E-state index in [-0.39, 0.29) is 12.0 Å². The van der Waals surface area contributed by atoms with Gasteiger partial charge >= 0.3 is 0 Å². The topological polar surface area (TPSA) is 53.8 Å². The van der Waals surface area contributed by atoms with Crippen molar-refractivity contribution in [3.8, 4) is 5.75 Å². The molecule has 29 heavy (non-hydrogen) atoms. The summed E-state index contributed by atoms with van der Waals surface area (Å²) in [6, 6.07) is 5.70. The van der Waals surface area contributed by atoms with E-state index in [9.17, 15) is 4.79 Å². The summed E-state index contributed by atoms with van der Waals surface area (Å²) < 4.78 is 8.05. The molecule has 8 heteroatoms. The molecule has 2 aromatic rings. The lowest BCUT2D eigenvalue weighted by atomic mass is 10.2. The maximum Gasteiger partial charge on any atom is 0.236 e. The predicted octanol–water partition coefficient (Wildman–Crippen LogP) is 2.00. The second kappa shape index (κ2) is 8.73. The third-order valence-corrected chi connectivity index (χ3v) is 5.86. The number of imidazole rings is 1. The average Bonchev–Trinajstić information content (AvgIpc) is 3.01. The number of rotatable bonds is 4. The molecule has 0 radical (unpaired) electrons. The summed E-state index contributed by atoms with van der Waals surface area (Å²) in [5.74, 6) is 2.10. The minimum Gasteiger partial charge on any atom is -0.489 e. The molecule has 3 heterocycles. The second-order valence-electron chi connectivity index (χ2n) is 7.96. The van der Waals surface area contributed by atoms with E-state index in [2.05, 4.69) is 14.8 Å². The van der Waals surface area contributed by atoms with Gasteiger partial charge in [-0.3, -0.25) is 14.6 Å². The van der Waals surface area contributed by atoms with Gasteiger partial charge in [-0.25, -0.2) is 4.98 Å². The largest absolute Gasteiger partial charge is 0.489 e. The Bertz CT molecular complexity index is 863. The maximum absolute atomic E-state index is 12.9. The minimum absolute atomic E-state index is 0.0276. The number of piperazine rings is 1. The molecular formula is C21H28ClN5O2. The van der Waals surface area contributed by atoms with Crippen LogP contribution in [0.15, 0.2) is 30.6 Å². The number of carbonyl (C=O) groups excluding carboxylic acids is 1. The van der Waals surface area contributed by atoms with Gasteiger partial charge in [0.2, 0.25) is 5.91 Å². The molecule has 0 aliphatic carbocycles. The van der Waals surface area contributed by atoms with Crippen LogP contribution < -0.4 is 4.74 Å². The van der Waals surface area contributed by atoms with E-state index in [1.165, 1.54) is 0 Å². The fourth-order valence-electron chi connectivity index (χ4n) is 4.03. The molecule has 156 valence electrons. The van der Waals surface area contributed by atoms with Crippen molar-refractivity contribution in [2.75, 3.05) is 39.3 Å². The molecule has 1 amide bonds. The number of fused-ring (bicyclic) bond motifs is 1. The lowest BCUT2D eigenvalue weighted by Crippen LogP contribution is -2.51. The number of aryl methyl sites for hydroxylation is 1. The third-order valence-electron chi connectivity index (χ3n) is 5.63. The monoisotopic (exact) mass is 417 g/mol. The van der Waals surface area contributed by atoms with Crippen LogP contribution in [0, 0.1) is 0 Å². The molecule has 0 N–H and O–H groups in total. The summed E-state index contributed by atoms with van der Waals surface area (Å²) in [5.41, 5.74) is 1.04. The number of aromatic nitrogens is 2. The van der Waals surface area contributed by atoms with Crippen molar-refractivity contribution in [1.29, 1.82) is 0 Å². The minimum atomic E-state index is 0.0276. The van der Waals surface area contributed by atoms with Gasteiger partial charge in [0.1, 0.15) is 17.7 Å². The molecule has 1 fully saturated rings. The van der Waals surface area contributed by atoms with Crippen molar-refractivity contribution < 1.29 is 9.53 Å². The Morgan fingerprint density at radius 3 is 2.76 bits per heavy atom. The molecule has 1 unspecified atom stereocenters. The number of hydrogen-bond donors (Lipinski definition) is 0. The van der Waals surface area contributed by atoms with Gasteiger partial charge in [-0.05, 0) is 25.1 Å². The zero-order valence-electron chi connectivity index (χ0n) is 17.1. The Morgan fingerprint density at radius 2 is 2.03 bits per heavy atom. The number of ether oxygens (including phenoxy) is 1. The summed E-state index contributed by atoms with van der Waals surface area (Å²) in [4.78, 5) is 23.8. The normalized spacial score (nSPS) is 20.8. The highest BCUT2D eigenvalue weighted by molar-refractivity contribution is 6.30. The lowest BCUT2D eigenvalue weighted by molar-refractivity contribution is -0.134. The SMILES string of the molecule is CC1CN(CC(=O)N2CCN(Cc3nccn3C)CC2)Cc2cc(Cl)ccc2O1. The number of carbonyl (C=O) groups is 1. The molecular weight excluding hydrogens is 390 g/mol. The number of amides is 1. The highest BCUT2D eigenvalue weighted by atomic mass is 35.5. The number of nitrogens with zero attached hydrogens (tertiary/aromatic N) is 5. The first-order valence-corrected chi connectivity index (χ1v) is 10.5. The molecule has 0 bridgehead atoms. The van der Waals surface area contributed by atoms with Gasteiger partial charge in [-0.15, -0.1) is 0 Å². The highest BCUT2D eigenvalue weighted by Gasteiger charge is 2.26. The van der Waals surface area contributed by atoms with Gasteiger partial charge in [0, 0.05) is 69.3 Å². The summed E-state index contributed by atoms with van der Waals surface area (Å²) >= 11 is 6.16. The van der Waals surface area contributed by atoms with Gasteiger partial charge in [0.05, 0.1) is 13.1 Å². The molecule has 0 saturated carbocycles. The lowest BCUT2D eigenvalue weighted by Gasteiger charge is -2.35. The predicted molar refractivity (Wildman–Crippen MR) is 112 cm³/mol. The van der Waals surface area contributed by atoms with Crippen LogP contribution in [-0.4, -0.2) is 75.5 Å². The molecule has 1 aromatic carbocycles. The van der Waals surface area contributed by atoms with E-state index in [1.807, 2.05) is 54.0 Å². The van der Waals surface area contributed by atoms with Gasteiger partial charge in [0.25, 0.3) is 0 Å². The molecule has 7 nitrogen and oxygen atoms in total. The molecule has 1 saturated heterocycles. The summed E-state index contributed by atoms with van der Waals surface area (Å²) in [7, 11) is 2.01. The molecule has 1 atom stereocenters. The van der Waals surface area contributed by atoms with Crippen LogP contribution in [0.2, 0.25) is 5.02 Å². The van der Waals surface area contributed by atoms with Crippen LogP contribution in [-0.2, 0) is 24.9 Å². The van der Waals surface area contributed by atoms with E-state index < -0.39 is 0 Å². The third kappa shape index (κ3) is 4.91. The zero-order chi connectivity index (χ0) is 20.4. The van der Waals surface area contributed by atoms with Crippen LogP contribution in [0.5, 0.6) is 5.75 Å². The van der Waals surface area contributed by atoms with Crippen LogP contribution in [0.1, 0.15) is 18.3 Å². The highest BCUT2D eigenvalue weighted by Crippen LogP contribution is 2.28. The molecule has 2 aliphatic heterocycles. The van der Waals surface area contributed by atoms with E-state index >= 15 is 0 Å². The van der Waals surface area contributed by atoms with Gasteiger partial charge in [-0.2, -0.15) is 0 Å². The van der Waals surface area contributed by atoms with Crippen molar-refractivity contribution >= 4 is 17.5 Å². The number of halogens is 1. The Labute approximate surface area is 176 Å². The number of benzene rings is 1. The Kier molecular flexibility index (Phi) is 6.08. The quantitative estimate of drug-likeness (QED) is 0.761. The van der Waals surface area contributed by atoms with E-state index in [1.54, 1.807) is 0 Å². The van der Waals surface area contributed by atoms with E-state index in [0.29, 0.717) is 18.1 Å². The van der Waals surface area contributed by atoms with Crippen LogP contribution in [0.25, 0.3) is 0 Å². The summed E-state index contributed by atoms with van der Waals surface area (Å²) in [6.07, 6.45) is 3.82. The van der Waals surface area contributed by atoms with Crippen molar-refractivity contribution in [2.45, 2.75) is 26.1 Å². The number of hydrogen-bond acceptors (Lipinski definition) is 5. The standard InChI is InChI=1S/C21H28ClN5O2/c1-16-12-26(13-17-11-18(22)3-4-19(17)29-16)15-21(28)27-9-7-25(8-10-27)14-20-23-5-6-24(20)2/h3-6,11,16H,7-10,12-15H2,1-2H3. The Balaban J connectivity index is 1.32. The van der Waals surface area contributed by atoms with Crippen LogP contribution >= 0.6 is 11.6 Å². The summed E-state index contributed by atoms with van der Waals surface area (Å²) in [6.45, 7) is 7.91. The molecule has 4 rings (SSSR count). The van der Waals surface area contributed by atoms with Gasteiger partial charge < -0.3 is 14.2 Å². The Hall–Kier alpha value is -2.09. The van der Waals surface area contributed by atoms with E-state index in [0.717, 1.165) is 56.4 Å². The van der Waals surface area contributed by atoms with Crippen LogP contribution in [0.4, 0.5) is 0 Å². The van der Waals surface area contributed by atoms with Crippen molar-refractivity contribution in [2.24, 2.45) is 7.05 Å².